The third-order valence-corrected chi connectivity index (χ3v) is 3.83. The van der Waals surface area contributed by atoms with Gasteiger partial charge in [0.25, 0.3) is 0 Å². The molecule has 0 heterocycles. The maximum Gasteiger partial charge on any atom is 0 e. The van der Waals surface area contributed by atoms with Crippen molar-refractivity contribution in [2.24, 2.45) is 0 Å². The molecule has 0 aromatic carbocycles. The number of unbranched alkanes of at least 4 members (excludes halogenated alkanes) is 13. The first-order chi connectivity index (χ1) is 8.41. The van der Waals surface area contributed by atoms with Gasteiger partial charge in [0, 0.05) is 20.4 Å². The van der Waals surface area contributed by atoms with Crippen LogP contribution in [0, 0.1) is 0 Å². The quantitative estimate of drug-likeness (QED) is 0.206. The van der Waals surface area contributed by atoms with Gasteiger partial charge in [-0.25, -0.2) is 0 Å². The van der Waals surface area contributed by atoms with Gasteiger partial charge in [-0.15, -0.1) is 0 Å². The Bertz CT molecular complexity index is 114. The van der Waals surface area contributed by atoms with Crippen LogP contribution < -0.4 is 0 Å². The number of rotatable bonds is 14. The predicted octanol–water partition coefficient (Wildman–Crippen LogP) is 6.40. The fraction of sp³-hybridized carbons (Fsp3) is 1.00. The van der Waals surface area contributed by atoms with E-state index in [-0.39, 0.29) is 20.4 Å². The predicted molar refractivity (Wildman–Crippen MR) is 84.2 cm³/mol. The molecule has 0 rings (SSSR count). The summed E-state index contributed by atoms with van der Waals surface area (Å²) in [6.45, 7) is 2.29. The van der Waals surface area contributed by atoms with Crippen molar-refractivity contribution in [2.75, 3.05) is 5.75 Å². The second-order valence-corrected chi connectivity index (χ2v) is 5.77. The van der Waals surface area contributed by atoms with E-state index in [1.54, 1.807) is 0 Å². The molecule has 0 radical (unpaired) electrons. The minimum Gasteiger partial charge on any atom is -0.179 e. The molecular weight excluding hydrogens is 331 g/mol. The topological polar surface area (TPSA) is 0 Å². The summed E-state index contributed by atoms with van der Waals surface area (Å²) in [7, 11) is 0. The largest absolute Gasteiger partial charge is 0.179 e. The van der Waals surface area contributed by atoms with Crippen LogP contribution in [0.1, 0.15) is 96.8 Å². The molecule has 0 saturated carbocycles. The third kappa shape index (κ3) is 19.4. The summed E-state index contributed by atoms with van der Waals surface area (Å²) >= 11 is 4.23. The molecule has 2 heteroatoms. The molecule has 18 heavy (non-hydrogen) atoms. The van der Waals surface area contributed by atoms with E-state index in [1.807, 2.05) is 0 Å². The summed E-state index contributed by atoms with van der Waals surface area (Å²) in [5.74, 6) is 1.07. The smallest absolute Gasteiger partial charge is 0 e. The SMILES string of the molecule is CCCCCCCCCCCCCCCCS.[Pd]. The van der Waals surface area contributed by atoms with Gasteiger partial charge in [-0.2, -0.15) is 12.6 Å². The Morgan fingerprint density at radius 2 is 0.778 bits per heavy atom. The first-order valence-corrected chi connectivity index (χ1v) is 8.66. The Labute approximate surface area is 135 Å². The Morgan fingerprint density at radius 1 is 0.500 bits per heavy atom. The van der Waals surface area contributed by atoms with Crippen LogP contribution in [-0.4, -0.2) is 5.75 Å². The molecule has 0 aromatic heterocycles. The minimum absolute atomic E-state index is 0. The average molecular weight is 365 g/mol. The van der Waals surface area contributed by atoms with Crippen LogP contribution in [0.4, 0.5) is 0 Å². The van der Waals surface area contributed by atoms with Crippen LogP contribution in [0.2, 0.25) is 0 Å². The van der Waals surface area contributed by atoms with Crippen LogP contribution in [0.3, 0.4) is 0 Å². The Kier molecular flexibility index (Phi) is 24.1. The molecule has 0 aliphatic heterocycles. The molecule has 0 aliphatic rings. The standard InChI is InChI=1S/C16H34S.Pd/c1-2-3-4-5-6-7-8-9-10-11-12-13-14-15-16-17;/h17H,2-16H2,1H3;. The molecular formula is C16H34PdS. The summed E-state index contributed by atoms with van der Waals surface area (Å²) in [4.78, 5) is 0. The first-order valence-electron chi connectivity index (χ1n) is 8.02. The zero-order valence-corrected chi connectivity index (χ0v) is 14.8. The minimum atomic E-state index is 0. The molecule has 114 valence electrons. The van der Waals surface area contributed by atoms with Gasteiger partial charge in [-0.1, -0.05) is 90.4 Å². The normalized spacial score (nSPS) is 10.3. The summed E-state index contributed by atoms with van der Waals surface area (Å²) in [6, 6.07) is 0. The van der Waals surface area contributed by atoms with Crippen LogP contribution in [0.25, 0.3) is 0 Å². The fourth-order valence-corrected chi connectivity index (χ4v) is 2.53. The Morgan fingerprint density at radius 3 is 1.06 bits per heavy atom. The maximum atomic E-state index is 4.23. The molecule has 0 fully saturated rings. The van der Waals surface area contributed by atoms with Crippen molar-refractivity contribution in [1.82, 2.24) is 0 Å². The monoisotopic (exact) mass is 364 g/mol. The summed E-state index contributed by atoms with van der Waals surface area (Å²) in [5, 5.41) is 0. The second-order valence-electron chi connectivity index (χ2n) is 5.32. The number of hydrogen-bond acceptors (Lipinski definition) is 1. The Hall–Kier alpha value is 1.01. The van der Waals surface area contributed by atoms with Crippen LogP contribution in [0.5, 0.6) is 0 Å². The molecule has 0 aromatic rings. The Balaban J connectivity index is 0. The molecule has 0 N–H and O–H groups in total. The van der Waals surface area contributed by atoms with Crippen LogP contribution >= 0.6 is 12.6 Å². The molecule has 0 unspecified atom stereocenters. The van der Waals surface area contributed by atoms with E-state index < -0.39 is 0 Å². The van der Waals surface area contributed by atoms with Crippen molar-refractivity contribution >= 4 is 12.6 Å². The van der Waals surface area contributed by atoms with E-state index in [2.05, 4.69) is 19.6 Å². The van der Waals surface area contributed by atoms with Crippen molar-refractivity contribution in [1.29, 1.82) is 0 Å². The molecule has 0 nitrogen and oxygen atoms in total. The molecule has 0 amide bonds. The molecule has 0 spiro atoms. The van der Waals surface area contributed by atoms with E-state index in [1.165, 1.54) is 89.9 Å². The van der Waals surface area contributed by atoms with Crippen molar-refractivity contribution < 1.29 is 20.4 Å². The number of hydrogen-bond donors (Lipinski definition) is 1. The number of thiol groups is 1. The van der Waals surface area contributed by atoms with Crippen molar-refractivity contribution in [2.45, 2.75) is 96.8 Å². The maximum absolute atomic E-state index is 4.23. The summed E-state index contributed by atoms with van der Waals surface area (Å²) in [6.07, 6.45) is 20.1. The van der Waals surface area contributed by atoms with E-state index in [9.17, 15) is 0 Å². The zero-order valence-electron chi connectivity index (χ0n) is 12.4. The molecule has 0 aliphatic carbocycles. The van der Waals surface area contributed by atoms with Crippen molar-refractivity contribution in [3.05, 3.63) is 0 Å². The van der Waals surface area contributed by atoms with E-state index in [4.69, 9.17) is 0 Å². The molecule has 0 saturated heterocycles. The van der Waals surface area contributed by atoms with E-state index in [0.29, 0.717) is 0 Å². The van der Waals surface area contributed by atoms with Crippen LogP contribution in [-0.2, 0) is 20.4 Å². The van der Waals surface area contributed by atoms with Gasteiger partial charge in [0.2, 0.25) is 0 Å². The van der Waals surface area contributed by atoms with Gasteiger partial charge < -0.3 is 0 Å². The zero-order chi connectivity index (χ0) is 12.6. The first kappa shape index (κ1) is 21.3. The fourth-order valence-electron chi connectivity index (χ4n) is 2.31. The summed E-state index contributed by atoms with van der Waals surface area (Å²) < 4.78 is 0. The van der Waals surface area contributed by atoms with Gasteiger partial charge in [-0.05, 0) is 12.2 Å². The van der Waals surface area contributed by atoms with E-state index in [0.717, 1.165) is 5.75 Å². The summed E-state index contributed by atoms with van der Waals surface area (Å²) in [5.41, 5.74) is 0. The van der Waals surface area contributed by atoms with Crippen LogP contribution in [0.15, 0.2) is 0 Å². The third-order valence-electron chi connectivity index (χ3n) is 3.51. The van der Waals surface area contributed by atoms with Gasteiger partial charge in [0.05, 0.1) is 0 Å². The van der Waals surface area contributed by atoms with Gasteiger partial charge >= 0.3 is 0 Å². The van der Waals surface area contributed by atoms with E-state index >= 15 is 0 Å². The van der Waals surface area contributed by atoms with Gasteiger partial charge in [0.1, 0.15) is 0 Å². The van der Waals surface area contributed by atoms with Gasteiger partial charge in [-0.3, -0.25) is 0 Å². The second kappa shape index (κ2) is 20.3. The van der Waals surface area contributed by atoms with Gasteiger partial charge in [0.15, 0.2) is 0 Å². The van der Waals surface area contributed by atoms with Crippen molar-refractivity contribution in [3.63, 3.8) is 0 Å². The van der Waals surface area contributed by atoms with Crippen molar-refractivity contribution in [3.8, 4) is 0 Å². The molecule has 0 bridgehead atoms. The molecule has 0 atom stereocenters. The average Bonchev–Trinajstić information content (AvgIpc) is 2.35.